The molecular formula is C22H27N3O3. The first-order valence-electron chi connectivity index (χ1n) is 9.89. The lowest BCUT2D eigenvalue weighted by Gasteiger charge is -2.20. The number of hydrogen-bond acceptors (Lipinski definition) is 4. The summed E-state index contributed by atoms with van der Waals surface area (Å²) in [6.07, 6.45) is 3.97. The van der Waals surface area contributed by atoms with Gasteiger partial charge in [-0.2, -0.15) is 0 Å². The van der Waals surface area contributed by atoms with Crippen LogP contribution in [0.5, 0.6) is 5.88 Å². The van der Waals surface area contributed by atoms with E-state index in [0.29, 0.717) is 17.7 Å². The number of benzene rings is 1. The number of likely N-dealkylation sites (tertiary alicyclic amines) is 1. The van der Waals surface area contributed by atoms with Gasteiger partial charge in [-0.3, -0.25) is 0 Å². The maximum absolute atomic E-state index is 12.8. The molecule has 2 atom stereocenters. The Morgan fingerprint density at radius 1 is 1.21 bits per heavy atom. The molecule has 148 valence electrons. The van der Waals surface area contributed by atoms with Crippen molar-refractivity contribution in [1.82, 2.24) is 9.88 Å². The number of nitrogens with one attached hydrogen (secondary N) is 1. The van der Waals surface area contributed by atoms with E-state index in [0.717, 1.165) is 61.5 Å². The van der Waals surface area contributed by atoms with Gasteiger partial charge >= 0.3 is 6.03 Å². The van der Waals surface area contributed by atoms with Gasteiger partial charge in [-0.05, 0) is 54.9 Å². The van der Waals surface area contributed by atoms with Crippen molar-refractivity contribution in [2.45, 2.75) is 19.8 Å². The Morgan fingerprint density at radius 3 is 2.79 bits per heavy atom. The molecule has 0 saturated carbocycles. The monoisotopic (exact) mass is 381 g/mol. The smallest absolute Gasteiger partial charge is 0.321 e. The molecule has 1 aromatic heterocycles. The molecule has 2 aromatic rings. The van der Waals surface area contributed by atoms with Crippen LogP contribution < -0.4 is 10.1 Å². The summed E-state index contributed by atoms with van der Waals surface area (Å²) in [7, 11) is 1.60. The Kier molecular flexibility index (Phi) is 5.48. The molecule has 2 amide bonds. The minimum atomic E-state index is -0.0190. The molecule has 2 aliphatic rings. The largest absolute Gasteiger partial charge is 0.481 e. The minimum Gasteiger partial charge on any atom is -0.481 e. The molecule has 0 aliphatic carbocycles. The molecule has 2 fully saturated rings. The summed E-state index contributed by atoms with van der Waals surface area (Å²) < 4.78 is 10.6. The predicted octanol–water partition coefficient (Wildman–Crippen LogP) is 3.96. The molecule has 2 saturated heterocycles. The number of pyridine rings is 1. The highest BCUT2D eigenvalue weighted by Crippen LogP contribution is 2.31. The van der Waals surface area contributed by atoms with Crippen molar-refractivity contribution < 1.29 is 14.3 Å². The van der Waals surface area contributed by atoms with Gasteiger partial charge in [0.1, 0.15) is 0 Å². The Labute approximate surface area is 165 Å². The summed E-state index contributed by atoms with van der Waals surface area (Å²) in [5.74, 6) is 1.75. The van der Waals surface area contributed by atoms with E-state index in [9.17, 15) is 4.79 Å². The quantitative estimate of drug-likeness (QED) is 0.871. The van der Waals surface area contributed by atoms with Gasteiger partial charge in [-0.1, -0.05) is 12.1 Å². The third kappa shape index (κ3) is 3.97. The van der Waals surface area contributed by atoms with E-state index in [1.165, 1.54) is 0 Å². The summed E-state index contributed by atoms with van der Waals surface area (Å²) >= 11 is 0. The van der Waals surface area contributed by atoms with Crippen molar-refractivity contribution in [3.8, 4) is 17.0 Å². The second-order valence-electron chi connectivity index (χ2n) is 7.67. The van der Waals surface area contributed by atoms with Crippen LogP contribution in [-0.2, 0) is 4.74 Å². The van der Waals surface area contributed by atoms with Crippen molar-refractivity contribution in [2.75, 3.05) is 38.7 Å². The van der Waals surface area contributed by atoms with Crippen LogP contribution in [0.1, 0.15) is 18.4 Å². The number of aromatic nitrogens is 1. The zero-order valence-corrected chi connectivity index (χ0v) is 16.5. The van der Waals surface area contributed by atoms with Crippen molar-refractivity contribution in [3.63, 3.8) is 0 Å². The molecule has 3 heterocycles. The van der Waals surface area contributed by atoms with Crippen molar-refractivity contribution in [1.29, 1.82) is 0 Å². The second-order valence-corrected chi connectivity index (χ2v) is 7.67. The van der Waals surface area contributed by atoms with E-state index in [4.69, 9.17) is 9.47 Å². The van der Waals surface area contributed by atoms with Crippen LogP contribution in [0.4, 0.5) is 10.5 Å². The second kappa shape index (κ2) is 8.19. The number of rotatable bonds is 4. The van der Waals surface area contributed by atoms with Gasteiger partial charge in [-0.25, -0.2) is 9.78 Å². The highest BCUT2D eigenvalue weighted by atomic mass is 16.5. The summed E-state index contributed by atoms with van der Waals surface area (Å²) in [5.41, 5.74) is 3.88. The lowest BCUT2D eigenvalue weighted by Crippen LogP contribution is -2.34. The lowest BCUT2D eigenvalue weighted by atomic mass is 9.91. The van der Waals surface area contributed by atoms with Crippen LogP contribution in [0.3, 0.4) is 0 Å². The van der Waals surface area contributed by atoms with Crippen LogP contribution in [0, 0.1) is 18.8 Å². The molecule has 2 unspecified atom stereocenters. The van der Waals surface area contributed by atoms with Crippen LogP contribution in [0.2, 0.25) is 0 Å². The van der Waals surface area contributed by atoms with Gasteiger partial charge in [0, 0.05) is 49.8 Å². The van der Waals surface area contributed by atoms with Crippen molar-refractivity contribution in [3.05, 3.63) is 42.1 Å². The Hall–Kier alpha value is -2.60. The normalized spacial score (nSPS) is 21.7. The van der Waals surface area contributed by atoms with Crippen molar-refractivity contribution in [2.24, 2.45) is 11.8 Å². The Balaban J connectivity index is 1.44. The summed E-state index contributed by atoms with van der Waals surface area (Å²) in [5, 5.41) is 3.11. The number of hydrogen-bond donors (Lipinski definition) is 1. The maximum Gasteiger partial charge on any atom is 0.321 e. The van der Waals surface area contributed by atoms with E-state index < -0.39 is 0 Å². The Morgan fingerprint density at radius 2 is 2.07 bits per heavy atom. The SMILES string of the molecule is COc1ccc(-c2ccc(C)c(NC(=O)N3CCC(C4CCOC4)C3)c2)cn1. The number of urea groups is 1. The average molecular weight is 381 g/mol. The number of ether oxygens (including phenoxy) is 2. The van der Waals surface area contributed by atoms with Crippen LogP contribution in [-0.4, -0.2) is 49.3 Å². The van der Waals surface area contributed by atoms with Gasteiger partial charge in [0.25, 0.3) is 0 Å². The fourth-order valence-corrected chi connectivity index (χ4v) is 4.08. The highest BCUT2D eigenvalue weighted by Gasteiger charge is 2.33. The van der Waals surface area contributed by atoms with Crippen molar-refractivity contribution >= 4 is 11.7 Å². The third-order valence-corrected chi connectivity index (χ3v) is 5.90. The molecule has 1 aromatic carbocycles. The zero-order valence-electron chi connectivity index (χ0n) is 16.5. The molecule has 0 spiro atoms. The Bertz CT molecular complexity index is 831. The fourth-order valence-electron chi connectivity index (χ4n) is 4.08. The first kappa shape index (κ1) is 18.7. The molecule has 1 N–H and O–H groups in total. The topological polar surface area (TPSA) is 63.7 Å². The number of anilines is 1. The zero-order chi connectivity index (χ0) is 19.5. The van der Waals surface area contributed by atoms with Gasteiger partial charge in [0.15, 0.2) is 0 Å². The molecule has 4 rings (SSSR count). The molecule has 2 aliphatic heterocycles. The lowest BCUT2D eigenvalue weighted by molar-refractivity contribution is 0.171. The van der Waals surface area contributed by atoms with E-state index in [-0.39, 0.29) is 6.03 Å². The number of carbonyl (C=O) groups excluding carboxylic acids is 1. The number of carbonyl (C=O) groups is 1. The predicted molar refractivity (Wildman–Crippen MR) is 109 cm³/mol. The molecular weight excluding hydrogens is 354 g/mol. The summed E-state index contributed by atoms with van der Waals surface area (Å²) in [4.78, 5) is 19.0. The molecule has 6 heteroatoms. The van der Waals surface area contributed by atoms with E-state index in [1.54, 1.807) is 13.3 Å². The first-order valence-corrected chi connectivity index (χ1v) is 9.89. The van der Waals surface area contributed by atoms with E-state index >= 15 is 0 Å². The van der Waals surface area contributed by atoms with Crippen LogP contribution in [0.25, 0.3) is 11.1 Å². The van der Waals surface area contributed by atoms with E-state index in [1.807, 2.05) is 42.2 Å². The van der Waals surface area contributed by atoms with Gasteiger partial charge in [-0.15, -0.1) is 0 Å². The van der Waals surface area contributed by atoms with Gasteiger partial charge in [0.2, 0.25) is 5.88 Å². The van der Waals surface area contributed by atoms with E-state index in [2.05, 4.69) is 10.3 Å². The number of amides is 2. The fraction of sp³-hybridized carbons (Fsp3) is 0.455. The number of nitrogens with zero attached hydrogens (tertiary/aromatic N) is 2. The third-order valence-electron chi connectivity index (χ3n) is 5.90. The first-order chi connectivity index (χ1) is 13.6. The minimum absolute atomic E-state index is 0.0190. The highest BCUT2D eigenvalue weighted by molar-refractivity contribution is 5.91. The maximum atomic E-state index is 12.8. The van der Waals surface area contributed by atoms with Crippen LogP contribution >= 0.6 is 0 Å². The van der Waals surface area contributed by atoms with Gasteiger partial charge in [0.05, 0.1) is 7.11 Å². The summed E-state index contributed by atoms with van der Waals surface area (Å²) in [6, 6.07) is 9.86. The standard InChI is InChI=1S/C22H27N3O3/c1-15-3-4-16(17-5-6-21(27-2)23-12-17)11-20(15)24-22(26)25-9-7-18(13-25)19-8-10-28-14-19/h3-6,11-12,18-19H,7-10,13-14H2,1-2H3,(H,24,26). The molecule has 6 nitrogen and oxygen atoms in total. The summed E-state index contributed by atoms with van der Waals surface area (Å²) in [6.45, 7) is 5.35. The average Bonchev–Trinajstić information content (AvgIpc) is 3.41. The number of methoxy groups -OCH3 is 1. The van der Waals surface area contributed by atoms with Crippen LogP contribution in [0.15, 0.2) is 36.5 Å². The molecule has 0 radical (unpaired) electrons. The molecule has 0 bridgehead atoms. The number of aryl methyl sites for hydroxylation is 1. The molecule has 28 heavy (non-hydrogen) atoms. The van der Waals surface area contributed by atoms with Gasteiger partial charge < -0.3 is 19.7 Å².